The van der Waals surface area contributed by atoms with E-state index in [4.69, 9.17) is 9.47 Å². The minimum absolute atomic E-state index is 0.370. The second kappa shape index (κ2) is 3.52. The zero-order valence-corrected chi connectivity index (χ0v) is 9.02. The first kappa shape index (κ1) is 9.38. The van der Waals surface area contributed by atoms with Gasteiger partial charge in [0.25, 0.3) is 0 Å². The molecule has 0 spiro atoms. The number of fused-ring (bicyclic) bond motifs is 1. The van der Waals surface area contributed by atoms with Gasteiger partial charge in [-0.05, 0) is 37.5 Å². The molecular weight excluding hydrogens is 176 g/mol. The van der Waals surface area contributed by atoms with Crippen LogP contribution in [0.25, 0.3) is 0 Å². The highest BCUT2D eigenvalue weighted by Crippen LogP contribution is 2.39. The van der Waals surface area contributed by atoms with Crippen LogP contribution in [-0.4, -0.2) is 6.79 Å². The fraction of sp³-hybridized carbons (Fsp3) is 0.500. The number of hydrogen-bond acceptors (Lipinski definition) is 2. The standard InChI is InChI=1S/C12H16O2/c1-4-5-10-9(3)8(2)6-11-12(10)14-7-13-11/h6H,4-5,7H2,1-3H3. The Morgan fingerprint density at radius 2 is 2.07 bits per heavy atom. The summed E-state index contributed by atoms with van der Waals surface area (Å²) in [6, 6.07) is 2.07. The predicted molar refractivity (Wildman–Crippen MR) is 56.0 cm³/mol. The van der Waals surface area contributed by atoms with E-state index in [1.54, 1.807) is 0 Å². The van der Waals surface area contributed by atoms with Gasteiger partial charge < -0.3 is 9.47 Å². The molecule has 0 atom stereocenters. The maximum absolute atomic E-state index is 5.50. The third kappa shape index (κ3) is 1.35. The summed E-state index contributed by atoms with van der Waals surface area (Å²) in [5.41, 5.74) is 3.95. The van der Waals surface area contributed by atoms with Crippen LogP contribution in [0.15, 0.2) is 6.07 Å². The summed E-state index contributed by atoms with van der Waals surface area (Å²) in [5.74, 6) is 1.88. The summed E-state index contributed by atoms with van der Waals surface area (Å²) in [6.45, 7) is 6.83. The first-order valence-corrected chi connectivity index (χ1v) is 5.12. The van der Waals surface area contributed by atoms with E-state index >= 15 is 0 Å². The van der Waals surface area contributed by atoms with E-state index in [-0.39, 0.29) is 0 Å². The number of rotatable bonds is 2. The Kier molecular flexibility index (Phi) is 2.36. The lowest BCUT2D eigenvalue weighted by atomic mass is 9.98. The lowest BCUT2D eigenvalue weighted by molar-refractivity contribution is 0.173. The lowest BCUT2D eigenvalue weighted by Crippen LogP contribution is -1.96. The third-order valence-corrected chi connectivity index (χ3v) is 2.81. The molecule has 0 bridgehead atoms. The van der Waals surface area contributed by atoms with E-state index in [2.05, 4.69) is 26.8 Å². The van der Waals surface area contributed by atoms with Crippen molar-refractivity contribution in [2.45, 2.75) is 33.6 Å². The topological polar surface area (TPSA) is 18.5 Å². The van der Waals surface area contributed by atoms with Crippen molar-refractivity contribution in [1.29, 1.82) is 0 Å². The van der Waals surface area contributed by atoms with Crippen LogP contribution in [0.3, 0.4) is 0 Å². The molecule has 1 aromatic rings. The second-order valence-electron chi connectivity index (χ2n) is 3.78. The van der Waals surface area contributed by atoms with Crippen molar-refractivity contribution in [3.05, 3.63) is 22.8 Å². The quantitative estimate of drug-likeness (QED) is 0.717. The Bertz CT molecular complexity index is 356. The molecule has 14 heavy (non-hydrogen) atoms. The molecule has 1 aromatic carbocycles. The molecule has 2 nitrogen and oxygen atoms in total. The molecule has 0 saturated heterocycles. The smallest absolute Gasteiger partial charge is 0.231 e. The maximum Gasteiger partial charge on any atom is 0.231 e. The molecule has 0 N–H and O–H groups in total. The molecule has 0 aromatic heterocycles. The molecule has 0 fully saturated rings. The van der Waals surface area contributed by atoms with E-state index in [1.165, 1.54) is 16.7 Å². The molecule has 1 aliphatic heterocycles. The lowest BCUT2D eigenvalue weighted by Gasteiger charge is -2.11. The SMILES string of the molecule is CCCc1c(C)c(C)cc2c1OCO2. The largest absolute Gasteiger partial charge is 0.454 e. The molecule has 0 aliphatic carbocycles. The van der Waals surface area contributed by atoms with Crippen LogP contribution in [0.5, 0.6) is 11.5 Å². The van der Waals surface area contributed by atoms with Gasteiger partial charge in [0, 0.05) is 5.56 Å². The Morgan fingerprint density at radius 1 is 1.29 bits per heavy atom. The van der Waals surface area contributed by atoms with Crippen LogP contribution in [-0.2, 0) is 6.42 Å². The zero-order valence-electron chi connectivity index (χ0n) is 9.02. The molecule has 0 unspecified atom stereocenters. The van der Waals surface area contributed by atoms with Crippen LogP contribution in [0, 0.1) is 13.8 Å². The van der Waals surface area contributed by atoms with Crippen LogP contribution >= 0.6 is 0 Å². The van der Waals surface area contributed by atoms with Crippen molar-refractivity contribution in [1.82, 2.24) is 0 Å². The van der Waals surface area contributed by atoms with Gasteiger partial charge in [-0.15, -0.1) is 0 Å². The summed E-state index contributed by atoms with van der Waals surface area (Å²) in [7, 11) is 0. The highest BCUT2D eigenvalue weighted by Gasteiger charge is 2.20. The number of hydrogen-bond donors (Lipinski definition) is 0. The van der Waals surface area contributed by atoms with Crippen molar-refractivity contribution in [3.8, 4) is 11.5 Å². The summed E-state index contributed by atoms with van der Waals surface area (Å²) >= 11 is 0. The van der Waals surface area contributed by atoms with Gasteiger partial charge in [-0.2, -0.15) is 0 Å². The van der Waals surface area contributed by atoms with Crippen LogP contribution in [0.2, 0.25) is 0 Å². The minimum Gasteiger partial charge on any atom is -0.454 e. The molecule has 0 radical (unpaired) electrons. The Hall–Kier alpha value is -1.18. The normalized spacial score (nSPS) is 13.4. The number of benzene rings is 1. The van der Waals surface area contributed by atoms with Crippen molar-refractivity contribution in [3.63, 3.8) is 0 Å². The van der Waals surface area contributed by atoms with Crippen molar-refractivity contribution in [2.75, 3.05) is 6.79 Å². The van der Waals surface area contributed by atoms with E-state index in [0.717, 1.165) is 24.3 Å². The third-order valence-electron chi connectivity index (χ3n) is 2.81. The molecule has 0 amide bonds. The fourth-order valence-corrected chi connectivity index (χ4v) is 1.90. The van der Waals surface area contributed by atoms with Gasteiger partial charge in [0.2, 0.25) is 6.79 Å². The summed E-state index contributed by atoms with van der Waals surface area (Å²) in [5, 5.41) is 0. The van der Waals surface area contributed by atoms with Gasteiger partial charge in [0.05, 0.1) is 0 Å². The zero-order chi connectivity index (χ0) is 10.1. The monoisotopic (exact) mass is 192 g/mol. The van der Waals surface area contributed by atoms with E-state index < -0.39 is 0 Å². The molecule has 1 aliphatic rings. The minimum atomic E-state index is 0.370. The van der Waals surface area contributed by atoms with Gasteiger partial charge in [-0.25, -0.2) is 0 Å². The maximum atomic E-state index is 5.50. The molecule has 2 rings (SSSR count). The van der Waals surface area contributed by atoms with Crippen molar-refractivity contribution in [2.24, 2.45) is 0 Å². The van der Waals surface area contributed by atoms with Gasteiger partial charge in [-0.3, -0.25) is 0 Å². The highest BCUT2D eigenvalue weighted by molar-refractivity contribution is 5.55. The van der Waals surface area contributed by atoms with Crippen LogP contribution in [0.1, 0.15) is 30.0 Å². The number of ether oxygens (including phenoxy) is 2. The van der Waals surface area contributed by atoms with Crippen LogP contribution in [0.4, 0.5) is 0 Å². The van der Waals surface area contributed by atoms with E-state index in [0.29, 0.717) is 6.79 Å². The molecular formula is C12H16O2. The first-order valence-electron chi connectivity index (χ1n) is 5.12. The Labute approximate surface area is 84.8 Å². The summed E-state index contributed by atoms with van der Waals surface area (Å²) in [6.07, 6.45) is 2.21. The molecule has 2 heteroatoms. The average molecular weight is 192 g/mol. The van der Waals surface area contributed by atoms with Crippen molar-refractivity contribution >= 4 is 0 Å². The van der Waals surface area contributed by atoms with Crippen LogP contribution < -0.4 is 9.47 Å². The van der Waals surface area contributed by atoms with E-state index in [1.807, 2.05) is 0 Å². The van der Waals surface area contributed by atoms with Gasteiger partial charge in [0.1, 0.15) is 0 Å². The molecule has 1 heterocycles. The molecule has 76 valence electrons. The van der Waals surface area contributed by atoms with Gasteiger partial charge in [0.15, 0.2) is 11.5 Å². The average Bonchev–Trinajstić information content (AvgIpc) is 2.60. The van der Waals surface area contributed by atoms with Gasteiger partial charge >= 0.3 is 0 Å². The fourth-order valence-electron chi connectivity index (χ4n) is 1.90. The first-order chi connectivity index (χ1) is 6.74. The molecule has 0 saturated carbocycles. The van der Waals surface area contributed by atoms with Crippen molar-refractivity contribution < 1.29 is 9.47 Å². The Morgan fingerprint density at radius 3 is 2.79 bits per heavy atom. The highest BCUT2D eigenvalue weighted by atomic mass is 16.7. The summed E-state index contributed by atoms with van der Waals surface area (Å²) in [4.78, 5) is 0. The van der Waals surface area contributed by atoms with E-state index in [9.17, 15) is 0 Å². The number of aryl methyl sites for hydroxylation is 1. The predicted octanol–water partition coefficient (Wildman–Crippen LogP) is 2.98. The Balaban J connectivity index is 2.54. The van der Waals surface area contributed by atoms with Gasteiger partial charge in [-0.1, -0.05) is 13.3 Å². The second-order valence-corrected chi connectivity index (χ2v) is 3.78. The summed E-state index contributed by atoms with van der Waals surface area (Å²) < 4.78 is 10.9.